The molecule has 0 saturated heterocycles. The number of carbonyl (C=O) groups excluding carboxylic acids is 2. The highest BCUT2D eigenvalue weighted by Gasteiger charge is 2.11. The van der Waals surface area contributed by atoms with Crippen LogP contribution in [0.5, 0.6) is 0 Å². The maximum Gasteiger partial charge on any atom is 0.329 e. The number of halogens is 1. The maximum atomic E-state index is 11.5. The zero-order chi connectivity index (χ0) is 17.4. The van der Waals surface area contributed by atoms with Crippen molar-refractivity contribution in [3.05, 3.63) is 47.2 Å². The highest BCUT2D eigenvalue weighted by atomic mass is 35.5. The number of nitrogens with one attached hydrogen (secondary N) is 2. The van der Waals surface area contributed by atoms with Crippen molar-refractivity contribution in [2.45, 2.75) is 0 Å². The first-order chi connectivity index (χ1) is 11.6. The average Bonchev–Trinajstić information content (AvgIpc) is 3.04. The van der Waals surface area contributed by atoms with Gasteiger partial charge in [0.1, 0.15) is 11.5 Å². The lowest BCUT2D eigenvalue weighted by Gasteiger charge is -2.02. The SMILES string of the molecule is COCCNC(=O)C(=O)N/N=C/c1ccc(-c2cccc(Cl)c2)o1. The van der Waals surface area contributed by atoms with Crippen LogP contribution in [0.25, 0.3) is 11.3 Å². The summed E-state index contributed by atoms with van der Waals surface area (Å²) in [6.07, 6.45) is 1.30. The molecule has 1 heterocycles. The van der Waals surface area contributed by atoms with Crippen LogP contribution in [0.15, 0.2) is 45.9 Å². The van der Waals surface area contributed by atoms with E-state index < -0.39 is 11.8 Å². The fourth-order valence-electron chi connectivity index (χ4n) is 1.77. The Morgan fingerprint density at radius 1 is 1.29 bits per heavy atom. The Kier molecular flexibility index (Phi) is 6.53. The van der Waals surface area contributed by atoms with Crippen molar-refractivity contribution in [2.75, 3.05) is 20.3 Å². The largest absolute Gasteiger partial charge is 0.455 e. The Morgan fingerprint density at radius 2 is 2.12 bits per heavy atom. The summed E-state index contributed by atoms with van der Waals surface area (Å²) in [7, 11) is 1.50. The number of rotatable bonds is 6. The zero-order valence-electron chi connectivity index (χ0n) is 12.9. The molecular formula is C16H16ClN3O4. The summed E-state index contributed by atoms with van der Waals surface area (Å²) in [5.74, 6) is -0.625. The Bertz CT molecular complexity index is 742. The molecule has 0 radical (unpaired) electrons. The lowest BCUT2D eigenvalue weighted by molar-refractivity contribution is -0.139. The van der Waals surface area contributed by atoms with Gasteiger partial charge in [0.25, 0.3) is 0 Å². The number of amides is 2. The smallest absolute Gasteiger partial charge is 0.329 e. The van der Waals surface area contributed by atoms with E-state index in [1.54, 1.807) is 24.3 Å². The lowest BCUT2D eigenvalue weighted by Crippen LogP contribution is -2.39. The number of nitrogens with zero attached hydrogens (tertiary/aromatic N) is 1. The number of hydrogen-bond donors (Lipinski definition) is 2. The first kappa shape index (κ1) is 17.7. The van der Waals surface area contributed by atoms with E-state index in [1.165, 1.54) is 13.3 Å². The monoisotopic (exact) mass is 349 g/mol. The van der Waals surface area contributed by atoms with Crippen molar-refractivity contribution in [3.8, 4) is 11.3 Å². The van der Waals surface area contributed by atoms with Crippen molar-refractivity contribution in [1.29, 1.82) is 0 Å². The van der Waals surface area contributed by atoms with E-state index in [-0.39, 0.29) is 6.54 Å². The molecular weight excluding hydrogens is 334 g/mol. The van der Waals surface area contributed by atoms with Crippen LogP contribution in [0.3, 0.4) is 0 Å². The van der Waals surface area contributed by atoms with Gasteiger partial charge < -0.3 is 14.5 Å². The van der Waals surface area contributed by atoms with Crippen LogP contribution in [0, 0.1) is 0 Å². The van der Waals surface area contributed by atoms with Gasteiger partial charge in [-0.2, -0.15) is 5.10 Å². The second-order valence-corrected chi connectivity index (χ2v) is 5.10. The summed E-state index contributed by atoms with van der Waals surface area (Å²) in [6, 6.07) is 10.7. The molecule has 0 aliphatic rings. The highest BCUT2D eigenvalue weighted by Crippen LogP contribution is 2.24. The second kappa shape index (κ2) is 8.85. The highest BCUT2D eigenvalue weighted by molar-refractivity contribution is 6.35. The van der Waals surface area contributed by atoms with Crippen LogP contribution in [0.4, 0.5) is 0 Å². The number of hydrogen-bond acceptors (Lipinski definition) is 5. The van der Waals surface area contributed by atoms with E-state index in [1.807, 2.05) is 12.1 Å². The lowest BCUT2D eigenvalue weighted by atomic mass is 10.2. The normalized spacial score (nSPS) is 10.8. The minimum Gasteiger partial charge on any atom is -0.455 e. The van der Waals surface area contributed by atoms with Crippen molar-refractivity contribution >= 4 is 29.6 Å². The van der Waals surface area contributed by atoms with Crippen LogP contribution in [0.1, 0.15) is 5.76 Å². The van der Waals surface area contributed by atoms with E-state index in [0.29, 0.717) is 23.2 Å². The number of furan rings is 1. The molecule has 0 spiro atoms. The molecule has 1 aromatic heterocycles. The van der Waals surface area contributed by atoms with Gasteiger partial charge in [0.15, 0.2) is 0 Å². The minimum atomic E-state index is -0.871. The van der Waals surface area contributed by atoms with Crippen LogP contribution in [-0.2, 0) is 14.3 Å². The Morgan fingerprint density at radius 3 is 2.88 bits per heavy atom. The summed E-state index contributed by atoms with van der Waals surface area (Å²) in [5.41, 5.74) is 2.94. The molecule has 7 nitrogen and oxygen atoms in total. The maximum absolute atomic E-state index is 11.5. The summed E-state index contributed by atoms with van der Waals surface area (Å²) < 4.78 is 10.3. The Hall–Kier alpha value is -2.64. The molecule has 126 valence electrons. The molecule has 0 fully saturated rings. The standard InChI is InChI=1S/C16H16ClN3O4/c1-23-8-7-18-15(21)16(22)20-19-10-13-5-6-14(24-13)11-3-2-4-12(17)9-11/h2-6,9-10H,7-8H2,1H3,(H,18,21)(H,20,22)/b19-10+. The molecule has 0 aliphatic carbocycles. The molecule has 1 aromatic carbocycles. The summed E-state index contributed by atoms with van der Waals surface area (Å²) in [6.45, 7) is 0.564. The molecule has 0 unspecified atom stereocenters. The van der Waals surface area contributed by atoms with Crippen LogP contribution < -0.4 is 10.7 Å². The van der Waals surface area contributed by atoms with E-state index in [4.69, 9.17) is 20.8 Å². The minimum absolute atomic E-state index is 0.244. The fraction of sp³-hybridized carbons (Fsp3) is 0.188. The van der Waals surface area contributed by atoms with Gasteiger partial charge in [-0.15, -0.1) is 0 Å². The second-order valence-electron chi connectivity index (χ2n) is 4.66. The zero-order valence-corrected chi connectivity index (χ0v) is 13.7. The molecule has 2 N–H and O–H groups in total. The third kappa shape index (κ3) is 5.22. The Balaban J connectivity index is 1.89. The average molecular weight is 350 g/mol. The predicted molar refractivity (Wildman–Crippen MR) is 89.8 cm³/mol. The molecule has 2 amide bonds. The molecule has 0 atom stereocenters. The summed E-state index contributed by atoms with van der Waals surface area (Å²) in [5, 5.41) is 6.66. The van der Waals surface area contributed by atoms with Crippen LogP contribution >= 0.6 is 11.6 Å². The fourth-order valence-corrected chi connectivity index (χ4v) is 1.96. The van der Waals surface area contributed by atoms with Crippen LogP contribution in [0.2, 0.25) is 5.02 Å². The molecule has 8 heteroatoms. The molecule has 0 bridgehead atoms. The first-order valence-electron chi connectivity index (χ1n) is 7.06. The summed E-state index contributed by atoms with van der Waals surface area (Å²) in [4.78, 5) is 22.9. The molecule has 0 aliphatic heterocycles. The quantitative estimate of drug-likeness (QED) is 0.360. The Labute approximate surface area is 143 Å². The number of ether oxygens (including phenoxy) is 1. The van der Waals surface area contributed by atoms with Crippen molar-refractivity contribution in [1.82, 2.24) is 10.7 Å². The van der Waals surface area contributed by atoms with E-state index in [2.05, 4.69) is 15.8 Å². The van der Waals surface area contributed by atoms with Gasteiger partial charge in [-0.1, -0.05) is 23.7 Å². The summed E-state index contributed by atoms with van der Waals surface area (Å²) >= 11 is 5.93. The third-order valence-electron chi connectivity index (χ3n) is 2.89. The van der Waals surface area contributed by atoms with Gasteiger partial charge in [-0.25, -0.2) is 5.43 Å². The predicted octanol–water partition coefficient (Wildman–Crippen LogP) is 1.81. The van der Waals surface area contributed by atoms with Gasteiger partial charge in [0, 0.05) is 24.2 Å². The first-order valence-corrected chi connectivity index (χ1v) is 7.44. The van der Waals surface area contributed by atoms with Crippen molar-refractivity contribution in [2.24, 2.45) is 5.10 Å². The van der Waals surface area contributed by atoms with Gasteiger partial charge >= 0.3 is 11.8 Å². The number of methoxy groups -OCH3 is 1. The van der Waals surface area contributed by atoms with Gasteiger partial charge in [-0.05, 0) is 24.3 Å². The van der Waals surface area contributed by atoms with E-state index in [0.717, 1.165) is 5.56 Å². The number of carbonyl (C=O) groups is 2. The van der Waals surface area contributed by atoms with Crippen LogP contribution in [-0.4, -0.2) is 38.3 Å². The van der Waals surface area contributed by atoms with Gasteiger partial charge in [0.05, 0.1) is 12.8 Å². The van der Waals surface area contributed by atoms with E-state index >= 15 is 0 Å². The molecule has 2 aromatic rings. The molecule has 0 saturated carbocycles. The van der Waals surface area contributed by atoms with Gasteiger partial charge in [-0.3, -0.25) is 9.59 Å². The number of benzene rings is 1. The number of hydrazone groups is 1. The third-order valence-corrected chi connectivity index (χ3v) is 3.13. The van der Waals surface area contributed by atoms with E-state index in [9.17, 15) is 9.59 Å². The molecule has 24 heavy (non-hydrogen) atoms. The van der Waals surface area contributed by atoms with Gasteiger partial charge in [0.2, 0.25) is 0 Å². The molecule has 2 rings (SSSR count). The van der Waals surface area contributed by atoms with Crippen molar-refractivity contribution in [3.63, 3.8) is 0 Å². The van der Waals surface area contributed by atoms with Crippen molar-refractivity contribution < 1.29 is 18.7 Å². The topological polar surface area (TPSA) is 92.9 Å².